The summed E-state index contributed by atoms with van der Waals surface area (Å²) >= 11 is 0. The second kappa shape index (κ2) is 8.20. The summed E-state index contributed by atoms with van der Waals surface area (Å²) in [5.74, 6) is 0.670. The van der Waals surface area contributed by atoms with Gasteiger partial charge in [-0.05, 0) is 55.0 Å². The molecule has 6 heteroatoms. The van der Waals surface area contributed by atoms with Gasteiger partial charge in [0, 0.05) is 29.6 Å². The number of carbonyl (C=O) groups is 1. The number of hydrogen-bond acceptors (Lipinski definition) is 4. The van der Waals surface area contributed by atoms with Gasteiger partial charge in [-0.15, -0.1) is 0 Å². The van der Waals surface area contributed by atoms with Crippen LogP contribution in [0.2, 0.25) is 0 Å². The van der Waals surface area contributed by atoms with Crippen molar-refractivity contribution in [1.82, 2.24) is 15.3 Å². The van der Waals surface area contributed by atoms with Crippen molar-refractivity contribution in [3.05, 3.63) is 72.2 Å². The Balaban J connectivity index is 1.78. The number of carbonyl (C=O) groups excluding carboxylic acids is 1. The summed E-state index contributed by atoms with van der Waals surface area (Å²) in [5, 5.41) is 6.02. The highest BCUT2D eigenvalue weighted by atomic mass is 19.1. The molecule has 0 atom stereocenters. The Hall–Kier alpha value is -3.28. The largest absolute Gasteiger partial charge is 0.352 e. The van der Waals surface area contributed by atoms with Gasteiger partial charge in [-0.1, -0.05) is 13.0 Å². The van der Waals surface area contributed by atoms with Gasteiger partial charge in [-0.3, -0.25) is 4.79 Å². The lowest BCUT2D eigenvalue weighted by molar-refractivity contribution is 0.0953. The van der Waals surface area contributed by atoms with Gasteiger partial charge in [0.1, 0.15) is 11.6 Å². The van der Waals surface area contributed by atoms with Crippen LogP contribution in [-0.2, 0) is 0 Å². The molecule has 3 aromatic rings. The third-order valence-corrected chi connectivity index (χ3v) is 3.69. The van der Waals surface area contributed by atoms with Gasteiger partial charge >= 0.3 is 0 Å². The van der Waals surface area contributed by atoms with Gasteiger partial charge in [0.2, 0.25) is 0 Å². The number of nitrogens with zero attached hydrogens (tertiary/aromatic N) is 2. The van der Waals surface area contributed by atoms with E-state index in [-0.39, 0.29) is 11.7 Å². The fraction of sp³-hybridized carbons (Fsp3) is 0.150. The fourth-order valence-corrected chi connectivity index (χ4v) is 2.39. The number of rotatable bonds is 6. The van der Waals surface area contributed by atoms with E-state index in [2.05, 4.69) is 20.6 Å². The van der Waals surface area contributed by atoms with Crippen molar-refractivity contribution in [3.63, 3.8) is 0 Å². The summed E-state index contributed by atoms with van der Waals surface area (Å²) in [7, 11) is 0. The first kappa shape index (κ1) is 17.5. The lowest BCUT2D eigenvalue weighted by atomic mass is 10.2. The van der Waals surface area contributed by atoms with E-state index in [1.165, 1.54) is 12.1 Å². The molecule has 0 aliphatic rings. The molecule has 1 aromatic heterocycles. The first-order valence-electron chi connectivity index (χ1n) is 8.40. The van der Waals surface area contributed by atoms with E-state index in [1.807, 2.05) is 19.1 Å². The highest BCUT2D eigenvalue weighted by molar-refractivity contribution is 5.95. The highest BCUT2D eigenvalue weighted by Crippen LogP contribution is 2.20. The first-order valence-corrected chi connectivity index (χ1v) is 8.40. The second-order valence-corrected chi connectivity index (χ2v) is 5.73. The van der Waals surface area contributed by atoms with Crippen LogP contribution in [0.25, 0.3) is 11.4 Å². The van der Waals surface area contributed by atoms with Crippen LogP contribution in [0.1, 0.15) is 23.7 Å². The number of halogens is 1. The number of benzene rings is 2. The molecule has 2 N–H and O–H groups in total. The lowest BCUT2D eigenvalue weighted by Crippen LogP contribution is -2.23. The molecular formula is C20H19FN4O. The molecule has 26 heavy (non-hydrogen) atoms. The monoisotopic (exact) mass is 350 g/mol. The molecular weight excluding hydrogens is 331 g/mol. The average molecular weight is 350 g/mol. The summed E-state index contributed by atoms with van der Waals surface area (Å²) in [5.41, 5.74) is 2.05. The predicted molar refractivity (Wildman–Crippen MR) is 99.8 cm³/mol. The lowest BCUT2D eigenvalue weighted by Gasteiger charge is -2.09. The van der Waals surface area contributed by atoms with Crippen molar-refractivity contribution in [2.24, 2.45) is 0 Å². The van der Waals surface area contributed by atoms with Crippen molar-refractivity contribution in [2.45, 2.75) is 13.3 Å². The summed E-state index contributed by atoms with van der Waals surface area (Å²) in [6.45, 7) is 2.65. The third-order valence-electron chi connectivity index (χ3n) is 3.69. The molecule has 132 valence electrons. The quantitative estimate of drug-likeness (QED) is 0.700. The fourth-order valence-electron chi connectivity index (χ4n) is 2.39. The van der Waals surface area contributed by atoms with Crippen LogP contribution in [0, 0.1) is 5.82 Å². The van der Waals surface area contributed by atoms with E-state index >= 15 is 0 Å². The molecule has 0 unspecified atom stereocenters. The summed E-state index contributed by atoms with van der Waals surface area (Å²) in [6, 6.07) is 14.9. The van der Waals surface area contributed by atoms with Gasteiger partial charge in [0.15, 0.2) is 5.82 Å². The molecule has 0 bridgehead atoms. The average Bonchev–Trinajstić information content (AvgIpc) is 2.67. The van der Waals surface area contributed by atoms with E-state index < -0.39 is 0 Å². The van der Waals surface area contributed by atoms with Crippen molar-refractivity contribution in [2.75, 3.05) is 11.9 Å². The van der Waals surface area contributed by atoms with Crippen molar-refractivity contribution in [1.29, 1.82) is 0 Å². The van der Waals surface area contributed by atoms with E-state index in [1.54, 1.807) is 36.5 Å². The summed E-state index contributed by atoms with van der Waals surface area (Å²) < 4.78 is 13.1. The van der Waals surface area contributed by atoms with Gasteiger partial charge in [0.05, 0.1) is 0 Å². The Morgan fingerprint density at radius 3 is 2.69 bits per heavy atom. The second-order valence-electron chi connectivity index (χ2n) is 5.73. The van der Waals surface area contributed by atoms with Gasteiger partial charge in [0.25, 0.3) is 5.91 Å². The number of anilines is 2. The van der Waals surface area contributed by atoms with Crippen LogP contribution < -0.4 is 10.6 Å². The Kier molecular flexibility index (Phi) is 5.53. The van der Waals surface area contributed by atoms with E-state index in [4.69, 9.17) is 0 Å². The van der Waals surface area contributed by atoms with Gasteiger partial charge in [-0.25, -0.2) is 14.4 Å². The minimum absolute atomic E-state index is 0.106. The number of nitrogens with one attached hydrogen (secondary N) is 2. The Morgan fingerprint density at radius 1 is 1.12 bits per heavy atom. The molecule has 5 nitrogen and oxygen atoms in total. The number of aromatic nitrogens is 2. The van der Waals surface area contributed by atoms with Crippen LogP contribution in [0.15, 0.2) is 60.8 Å². The summed E-state index contributed by atoms with van der Waals surface area (Å²) in [4.78, 5) is 20.7. The molecule has 0 aliphatic carbocycles. The van der Waals surface area contributed by atoms with E-state index in [0.717, 1.165) is 17.7 Å². The predicted octanol–water partition coefficient (Wildman–Crippen LogP) is 4.17. The normalized spacial score (nSPS) is 10.4. The third kappa shape index (κ3) is 4.42. The van der Waals surface area contributed by atoms with E-state index in [9.17, 15) is 9.18 Å². The molecule has 0 fully saturated rings. The SMILES string of the molecule is CCCNC(=O)c1cccc(Nc2ccnc(-c3ccc(F)cc3)n2)c1. The summed E-state index contributed by atoms with van der Waals surface area (Å²) in [6.07, 6.45) is 2.52. The Labute approximate surface area is 151 Å². The molecule has 0 saturated carbocycles. The van der Waals surface area contributed by atoms with Crippen molar-refractivity contribution < 1.29 is 9.18 Å². The number of amides is 1. The molecule has 0 spiro atoms. The molecule has 2 aromatic carbocycles. The molecule has 3 rings (SSSR count). The van der Waals surface area contributed by atoms with Gasteiger partial charge in [-0.2, -0.15) is 0 Å². The van der Waals surface area contributed by atoms with Crippen LogP contribution in [0.4, 0.5) is 15.9 Å². The number of hydrogen-bond donors (Lipinski definition) is 2. The minimum atomic E-state index is -0.304. The maximum Gasteiger partial charge on any atom is 0.251 e. The molecule has 1 heterocycles. The molecule has 0 saturated heterocycles. The molecule has 1 amide bonds. The topological polar surface area (TPSA) is 66.9 Å². The maximum atomic E-state index is 13.1. The first-order chi connectivity index (χ1) is 12.7. The Morgan fingerprint density at radius 2 is 1.92 bits per heavy atom. The zero-order chi connectivity index (χ0) is 18.4. The van der Waals surface area contributed by atoms with Crippen LogP contribution >= 0.6 is 0 Å². The Bertz CT molecular complexity index is 896. The zero-order valence-corrected chi connectivity index (χ0v) is 14.4. The molecule has 0 radical (unpaired) electrons. The van der Waals surface area contributed by atoms with Gasteiger partial charge < -0.3 is 10.6 Å². The van der Waals surface area contributed by atoms with Crippen LogP contribution in [0.3, 0.4) is 0 Å². The zero-order valence-electron chi connectivity index (χ0n) is 14.4. The smallest absolute Gasteiger partial charge is 0.251 e. The van der Waals surface area contributed by atoms with E-state index in [0.29, 0.717) is 23.8 Å². The minimum Gasteiger partial charge on any atom is -0.352 e. The maximum absolute atomic E-state index is 13.1. The van der Waals surface area contributed by atoms with Crippen LogP contribution in [0.5, 0.6) is 0 Å². The van der Waals surface area contributed by atoms with Crippen molar-refractivity contribution in [3.8, 4) is 11.4 Å². The van der Waals surface area contributed by atoms with Crippen LogP contribution in [-0.4, -0.2) is 22.4 Å². The standard InChI is InChI=1S/C20H19FN4O/c1-2-11-23-20(26)15-4-3-5-17(13-15)24-18-10-12-22-19(25-18)14-6-8-16(21)9-7-14/h3-10,12-13H,2,11H2,1H3,(H,23,26)(H,22,24,25). The molecule has 0 aliphatic heterocycles. The highest BCUT2D eigenvalue weighted by Gasteiger charge is 2.07. The van der Waals surface area contributed by atoms with Crippen molar-refractivity contribution >= 4 is 17.4 Å².